The van der Waals surface area contributed by atoms with Gasteiger partial charge in [0.2, 0.25) is 0 Å². The molecule has 2 amide bonds. The number of ketones is 1. The maximum atomic E-state index is 12.3. The van der Waals surface area contributed by atoms with E-state index in [1.54, 1.807) is 36.4 Å². The molecule has 0 bridgehead atoms. The lowest BCUT2D eigenvalue weighted by Gasteiger charge is -2.31. The molecule has 1 unspecified atom stereocenters. The molecule has 0 radical (unpaired) electrons. The molecule has 2 aliphatic heterocycles. The van der Waals surface area contributed by atoms with Crippen molar-refractivity contribution in [1.29, 1.82) is 0 Å². The number of nitrogens with one attached hydrogen (secondary N) is 1. The van der Waals surface area contributed by atoms with Crippen LogP contribution in [0.25, 0.3) is 0 Å². The number of Topliss-reactive ketones (excluding diaryl/α,β-unsaturated/α-hetero) is 1. The maximum absolute atomic E-state index is 12.3. The van der Waals surface area contributed by atoms with Crippen LogP contribution in [0.15, 0.2) is 48.5 Å². The van der Waals surface area contributed by atoms with Gasteiger partial charge >= 0.3 is 5.91 Å². The third kappa shape index (κ3) is 1.34. The van der Waals surface area contributed by atoms with E-state index in [4.69, 9.17) is 0 Å². The van der Waals surface area contributed by atoms with Crippen LogP contribution in [0.4, 0.5) is 11.4 Å². The monoisotopic (exact) mass is 294 g/mol. The van der Waals surface area contributed by atoms with Crippen molar-refractivity contribution < 1.29 is 19.5 Å². The van der Waals surface area contributed by atoms with Crippen LogP contribution in [-0.4, -0.2) is 22.7 Å². The molecule has 2 aromatic carbocycles. The lowest BCUT2D eigenvalue weighted by molar-refractivity contribution is -0.137. The summed E-state index contributed by atoms with van der Waals surface area (Å²) in [5.41, 5.74) is -1.15. The van der Waals surface area contributed by atoms with Crippen LogP contribution in [-0.2, 0) is 15.3 Å². The van der Waals surface area contributed by atoms with Crippen molar-refractivity contribution in [1.82, 2.24) is 0 Å². The number of benzene rings is 2. The van der Waals surface area contributed by atoms with Gasteiger partial charge in [0.1, 0.15) is 0 Å². The summed E-state index contributed by atoms with van der Waals surface area (Å²) in [4.78, 5) is 37.6. The van der Waals surface area contributed by atoms with Gasteiger partial charge in [-0.25, -0.2) is 0 Å². The first-order chi connectivity index (χ1) is 10.5. The van der Waals surface area contributed by atoms with Crippen LogP contribution in [0.2, 0.25) is 0 Å². The Morgan fingerprint density at radius 2 is 1.64 bits per heavy atom. The van der Waals surface area contributed by atoms with Crippen LogP contribution in [0.1, 0.15) is 15.9 Å². The summed E-state index contributed by atoms with van der Waals surface area (Å²) in [5.74, 6) is -2.41. The standard InChI is InChI=1S/C16H10N2O4/c19-13-9-5-1-4-8-12(9)18(14(13)20)16(22)10-6-2-3-7-11(10)17-15(16)21/h1-8,22H,(H,17,21). The summed E-state index contributed by atoms with van der Waals surface area (Å²) >= 11 is 0. The summed E-state index contributed by atoms with van der Waals surface area (Å²) in [6, 6.07) is 12.8. The SMILES string of the molecule is O=C1C(=O)N(C2(O)C(=O)Nc3ccccc32)c2ccccc21. The van der Waals surface area contributed by atoms with Crippen molar-refractivity contribution in [3.8, 4) is 0 Å². The minimum absolute atomic E-state index is 0.179. The average Bonchev–Trinajstić information content (AvgIpc) is 2.94. The van der Waals surface area contributed by atoms with Crippen LogP contribution >= 0.6 is 0 Å². The predicted molar refractivity (Wildman–Crippen MR) is 77.2 cm³/mol. The maximum Gasteiger partial charge on any atom is 0.302 e. The molecule has 0 aromatic heterocycles. The van der Waals surface area contributed by atoms with E-state index in [-0.39, 0.29) is 16.8 Å². The van der Waals surface area contributed by atoms with Gasteiger partial charge in [-0.15, -0.1) is 0 Å². The molecule has 2 aliphatic rings. The Bertz CT molecular complexity index is 861. The lowest BCUT2D eigenvalue weighted by atomic mass is 10.0. The smallest absolute Gasteiger partial charge is 0.302 e. The van der Waals surface area contributed by atoms with Gasteiger partial charge in [0.05, 0.1) is 11.3 Å². The van der Waals surface area contributed by atoms with Crippen molar-refractivity contribution >= 4 is 29.0 Å². The van der Waals surface area contributed by atoms with Crippen molar-refractivity contribution in [2.75, 3.05) is 10.2 Å². The van der Waals surface area contributed by atoms with Gasteiger partial charge in [0, 0.05) is 11.3 Å². The van der Waals surface area contributed by atoms with E-state index in [1.807, 2.05) is 0 Å². The minimum atomic E-state index is -2.23. The van der Waals surface area contributed by atoms with Gasteiger partial charge in [0.15, 0.2) is 0 Å². The van der Waals surface area contributed by atoms with E-state index in [0.717, 1.165) is 4.90 Å². The number of hydrogen-bond acceptors (Lipinski definition) is 4. The highest BCUT2D eigenvalue weighted by molar-refractivity contribution is 6.53. The van der Waals surface area contributed by atoms with Gasteiger partial charge < -0.3 is 10.4 Å². The summed E-state index contributed by atoms with van der Waals surface area (Å²) in [6.07, 6.45) is 0. The highest BCUT2D eigenvalue weighted by Crippen LogP contribution is 2.44. The number of rotatable bonds is 1. The Labute approximate surface area is 125 Å². The zero-order chi connectivity index (χ0) is 15.5. The molecule has 4 rings (SSSR count). The molecule has 0 saturated heterocycles. The fraction of sp³-hybridized carbons (Fsp3) is 0.0625. The number of hydrogen-bond donors (Lipinski definition) is 2. The Balaban J connectivity index is 1.98. The van der Waals surface area contributed by atoms with E-state index in [2.05, 4.69) is 5.32 Å². The Hall–Kier alpha value is -2.99. The highest BCUT2D eigenvalue weighted by Gasteiger charge is 2.56. The Morgan fingerprint density at radius 1 is 0.955 bits per heavy atom. The molecular formula is C16H10N2O4. The second kappa shape index (κ2) is 4.02. The van der Waals surface area contributed by atoms with E-state index in [1.165, 1.54) is 12.1 Å². The number of para-hydroxylation sites is 2. The molecule has 22 heavy (non-hydrogen) atoms. The van der Waals surface area contributed by atoms with Gasteiger partial charge in [-0.3, -0.25) is 19.3 Å². The average molecular weight is 294 g/mol. The van der Waals surface area contributed by atoms with Crippen molar-refractivity contribution in [2.45, 2.75) is 5.72 Å². The van der Waals surface area contributed by atoms with Crippen LogP contribution in [0.5, 0.6) is 0 Å². The number of carbonyl (C=O) groups is 3. The predicted octanol–water partition coefficient (Wildman–Crippen LogP) is 1.01. The summed E-state index contributed by atoms with van der Waals surface area (Å²) in [7, 11) is 0. The molecule has 1 atom stereocenters. The Kier molecular flexibility index (Phi) is 2.32. The van der Waals surface area contributed by atoms with Crippen molar-refractivity contribution in [3.63, 3.8) is 0 Å². The van der Waals surface area contributed by atoms with Crippen LogP contribution < -0.4 is 10.2 Å². The van der Waals surface area contributed by atoms with Gasteiger partial charge in [-0.2, -0.15) is 0 Å². The third-order valence-corrected chi connectivity index (χ3v) is 3.98. The van der Waals surface area contributed by atoms with E-state index in [0.29, 0.717) is 5.69 Å². The first kappa shape index (κ1) is 12.7. The summed E-state index contributed by atoms with van der Waals surface area (Å²) < 4.78 is 0. The number of amides is 2. The summed E-state index contributed by atoms with van der Waals surface area (Å²) in [5, 5.41) is 13.5. The van der Waals surface area contributed by atoms with E-state index in [9.17, 15) is 19.5 Å². The number of fused-ring (bicyclic) bond motifs is 2. The molecule has 6 heteroatoms. The fourth-order valence-electron chi connectivity index (χ4n) is 2.96. The molecule has 2 heterocycles. The first-order valence-electron chi connectivity index (χ1n) is 6.66. The van der Waals surface area contributed by atoms with Gasteiger partial charge in [-0.05, 0) is 18.2 Å². The minimum Gasteiger partial charge on any atom is -0.359 e. The molecular weight excluding hydrogens is 284 g/mol. The fourth-order valence-corrected chi connectivity index (χ4v) is 2.96. The van der Waals surface area contributed by atoms with E-state index >= 15 is 0 Å². The number of nitrogens with zero attached hydrogens (tertiary/aromatic N) is 1. The molecule has 2 aromatic rings. The number of anilines is 2. The van der Waals surface area contributed by atoms with Crippen LogP contribution in [0, 0.1) is 0 Å². The molecule has 6 nitrogen and oxygen atoms in total. The number of carbonyl (C=O) groups excluding carboxylic acids is 3. The molecule has 0 fully saturated rings. The zero-order valence-electron chi connectivity index (χ0n) is 11.2. The lowest BCUT2D eigenvalue weighted by Crippen LogP contribution is -2.53. The zero-order valence-corrected chi connectivity index (χ0v) is 11.2. The van der Waals surface area contributed by atoms with Gasteiger partial charge in [0.25, 0.3) is 17.4 Å². The molecule has 2 N–H and O–H groups in total. The first-order valence-corrected chi connectivity index (χ1v) is 6.66. The molecule has 0 aliphatic carbocycles. The van der Waals surface area contributed by atoms with Crippen molar-refractivity contribution in [2.24, 2.45) is 0 Å². The molecule has 0 spiro atoms. The molecule has 108 valence electrons. The highest BCUT2D eigenvalue weighted by atomic mass is 16.3. The van der Waals surface area contributed by atoms with Crippen molar-refractivity contribution in [3.05, 3.63) is 59.7 Å². The van der Waals surface area contributed by atoms with E-state index < -0.39 is 23.3 Å². The quantitative estimate of drug-likeness (QED) is 0.769. The van der Waals surface area contributed by atoms with Crippen LogP contribution in [0.3, 0.4) is 0 Å². The number of aliphatic hydroxyl groups is 1. The third-order valence-electron chi connectivity index (χ3n) is 3.98. The topological polar surface area (TPSA) is 86.7 Å². The normalized spacial score (nSPS) is 22.6. The largest absolute Gasteiger partial charge is 0.359 e. The summed E-state index contributed by atoms with van der Waals surface area (Å²) in [6.45, 7) is 0. The second-order valence-electron chi connectivity index (χ2n) is 5.16. The van der Waals surface area contributed by atoms with Gasteiger partial charge in [-0.1, -0.05) is 30.3 Å². The second-order valence-corrected chi connectivity index (χ2v) is 5.16. The molecule has 0 saturated carbocycles. The Morgan fingerprint density at radius 3 is 2.45 bits per heavy atom.